The summed E-state index contributed by atoms with van der Waals surface area (Å²) in [7, 11) is 0. The van der Waals surface area contributed by atoms with Crippen LogP contribution in [0.25, 0.3) is 6.08 Å². The predicted molar refractivity (Wildman–Crippen MR) is 139 cm³/mol. The van der Waals surface area contributed by atoms with Crippen LogP contribution in [0.1, 0.15) is 43.9 Å². The van der Waals surface area contributed by atoms with Crippen molar-refractivity contribution in [3.8, 4) is 5.75 Å². The Balaban J connectivity index is 0.000000331. The molecule has 0 bridgehead atoms. The number of hydrogen-bond acceptors (Lipinski definition) is 3. The number of nitrogens with one attached hydrogen (secondary N) is 1. The summed E-state index contributed by atoms with van der Waals surface area (Å²) in [6, 6.07) is 11.3. The molecule has 0 atom stereocenters. The summed E-state index contributed by atoms with van der Waals surface area (Å²) < 4.78 is 6.78. The minimum atomic E-state index is -0.344. The van der Waals surface area contributed by atoms with Crippen molar-refractivity contribution in [2.75, 3.05) is 11.6 Å². The maximum absolute atomic E-state index is 11.7. The largest absolute Gasteiger partial charge is 0.493 e. The van der Waals surface area contributed by atoms with Gasteiger partial charge in [-0.2, -0.15) is 0 Å². The topological polar surface area (TPSA) is 58.6 Å². The Morgan fingerprint density at radius 2 is 1.82 bits per heavy atom. The van der Waals surface area contributed by atoms with Gasteiger partial charge in [0.25, 0.3) is 5.91 Å². The predicted octanol–water partition coefficient (Wildman–Crippen LogP) is 4.73. The smallest absolute Gasteiger partial charge is 0.272 e. The van der Waals surface area contributed by atoms with Crippen molar-refractivity contribution < 1.29 is 14.3 Å². The first-order chi connectivity index (χ1) is 15.8. The molecule has 0 saturated heterocycles. The molecular formula is C27H33AlN2O3. The molecule has 0 aliphatic rings. The SMILES string of the molecule is C/C=C\C=C/c1c(OCCC)ccc(C)c1C.C=C(C)C(=O)N(NC=O)c1cc[c]([Al])cc1. The molecule has 33 heavy (non-hydrogen) atoms. The summed E-state index contributed by atoms with van der Waals surface area (Å²) in [5.41, 5.74) is 7.06. The Kier molecular flexibility index (Phi) is 12.6. The van der Waals surface area contributed by atoms with E-state index in [0.717, 1.165) is 28.2 Å². The molecule has 5 nitrogen and oxygen atoms in total. The second kappa shape index (κ2) is 14.9. The fourth-order valence-electron chi connectivity index (χ4n) is 2.74. The zero-order valence-corrected chi connectivity index (χ0v) is 21.4. The maximum Gasteiger partial charge on any atom is 0.272 e. The van der Waals surface area contributed by atoms with E-state index in [0.29, 0.717) is 17.7 Å². The first kappa shape index (κ1) is 28.0. The van der Waals surface area contributed by atoms with Crippen LogP contribution in [0.4, 0.5) is 5.69 Å². The number of benzene rings is 2. The van der Waals surface area contributed by atoms with Crippen molar-refractivity contribution in [3.63, 3.8) is 0 Å². The number of carbonyl (C=O) groups is 2. The summed E-state index contributed by atoms with van der Waals surface area (Å²) in [5, 5.41) is 1.15. The molecule has 2 aromatic rings. The highest BCUT2D eigenvalue weighted by Crippen LogP contribution is 2.26. The second-order valence-corrected chi connectivity index (χ2v) is 8.08. The van der Waals surface area contributed by atoms with Gasteiger partial charge in [0.15, 0.2) is 16.3 Å². The van der Waals surface area contributed by atoms with Crippen molar-refractivity contribution in [2.24, 2.45) is 0 Å². The molecule has 0 aliphatic heterocycles. The van der Waals surface area contributed by atoms with E-state index in [1.54, 1.807) is 19.1 Å². The van der Waals surface area contributed by atoms with Crippen LogP contribution in [0.5, 0.6) is 5.75 Å². The van der Waals surface area contributed by atoms with Gasteiger partial charge < -0.3 is 4.74 Å². The van der Waals surface area contributed by atoms with Gasteiger partial charge in [-0.05, 0) is 63.4 Å². The van der Waals surface area contributed by atoms with E-state index in [9.17, 15) is 9.59 Å². The number of aryl methyl sites for hydroxylation is 1. The molecule has 0 aromatic heterocycles. The van der Waals surface area contributed by atoms with Crippen LogP contribution in [0, 0.1) is 13.8 Å². The third kappa shape index (κ3) is 9.13. The van der Waals surface area contributed by atoms with E-state index in [2.05, 4.69) is 73.4 Å². The van der Waals surface area contributed by atoms with Crippen LogP contribution in [-0.4, -0.2) is 35.2 Å². The first-order valence-corrected chi connectivity index (χ1v) is 11.4. The Bertz CT molecular complexity index is 995. The molecule has 6 heteroatoms. The molecule has 0 unspecified atom stereocenters. The lowest BCUT2D eigenvalue weighted by atomic mass is 10.0. The molecule has 0 heterocycles. The fourth-order valence-corrected chi connectivity index (χ4v) is 2.93. The lowest BCUT2D eigenvalue weighted by Gasteiger charge is -2.21. The molecule has 0 fully saturated rings. The van der Waals surface area contributed by atoms with E-state index >= 15 is 0 Å². The minimum Gasteiger partial charge on any atom is -0.493 e. The normalized spacial score (nSPS) is 10.5. The van der Waals surface area contributed by atoms with Gasteiger partial charge >= 0.3 is 0 Å². The van der Waals surface area contributed by atoms with Crippen LogP contribution in [0.15, 0.2) is 66.8 Å². The van der Waals surface area contributed by atoms with Crippen LogP contribution in [0.2, 0.25) is 0 Å². The van der Waals surface area contributed by atoms with E-state index in [1.807, 2.05) is 31.2 Å². The fraction of sp³-hybridized carbons (Fsp3) is 0.259. The molecule has 172 valence electrons. The number of carbonyl (C=O) groups excluding carboxylic acids is 2. The third-order valence-electron chi connectivity index (χ3n) is 4.68. The van der Waals surface area contributed by atoms with Crippen molar-refractivity contribution in [3.05, 3.63) is 83.5 Å². The molecule has 0 aliphatic carbocycles. The number of rotatable bonds is 9. The zero-order valence-electron chi connectivity index (χ0n) is 20.2. The van der Waals surface area contributed by atoms with Crippen molar-refractivity contribution in [1.82, 2.24) is 5.43 Å². The standard InChI is InChI=1S/C16H22O.C11H11N2O2.Al/c1-5-7-8-9-15-14(4)13(3)10-11-16(15)17-12-6-2;1-9(2)11(15)13(12-8-14)10-6-4-3-5-7-10;/h5,7-11H,6,12H2,1-4H3;4-8H,1H2,2H3,(H,12,14);/b7-5-,9-8-;;. The molecule has 2 aromatic carbocycles. The molecule has 2 amide bonds. The van der Waals surface area contributed by atoms with Crippen LogP contribution in [-0.2, 0) is 9.59 Å². The summed E-state index contributed by atoms with van der Waals surface area (Å²) in [5.74, 6) is 0.638. The highest BCUT2D eigenvalue weighted by Gasteiger charge is 2.15. The Labute approximate surface area is 206 Å². The Morgan fingerprint density at radius 1 is 1.15 bits per heavy atom. The number of ether oxygens (including phenoxy) is 1. The summed E-state index contributed by atoms with van der Waals surface area (Å²) >= 11 is 2.54. The number of amides is 2. The van der Waals surface area contributed by atoms with Gasteiger partial charge in [-0.25, -0.2) is 5.01 Å². The minimum absolute atomic E-state index is 0.344. The zero-order chi connectivity index (χ0) is 24.8. The van der Waals surface area contributed by atoms with E-state index in [1.165, 1.54) is 16.7 Å². The van der Waals surface area contributed by atoms with Gasteiger partial charge in [-0.3, -0.25) is 15.0 Å². The third-order valence-corrected chi connectivity index (χ3v) is 5.06. The van der Waals surface area contributed by atoms with Gasteiger partial charge in [0.1, 0.15) is 5.75 Å². The van der Waals surface area contributed by atoms with Gasteiger partial charge in [-0.1, -0.05) is 56.0 Å². The van der Waals surface area contributed by atoms with Crippen molar-refractivity contribution in [2.45, 2.75) is 41.0 Å². The number of hydrogen-bond donors (Lipinski definition) is 1. The van der Waals surface area contributed by atoms with E-state index in [4.69, 9.17) is 4.74 Å². The number of anilines is 1. The van der Waals surface area contributed by atoms with Crippen molar-refractivity contribution >= 4 is 44.8 Å². The van der Waals surface area contributed by atoms with Gasteiger partial charge in [-0.15, -0.1) is 4.43 Å². The number of allylic oxidation sites excluding steroid dienone is 3. The lowest BCUT2D eigenvalue weighted by Crippen LogP contribution is -2.42. The van der Waals surface area contributed by atoms with Crippen LogP contribution in [0.3, 0.4) is 0 Å². The second-order valence-electron chi connectivity index (χ2n) is 7.41. The van der Waals surface area contributed by atoms with E-state index in [-0.39, 0.29) is 5.91 Å². The summed E-state index contributed by atoms with van der Waals surface area (Å²) in [6.07, 6.45) is 9.72. The summed E-state index contributed by atoms with van der Waals surface area (Å²) in [6.45, 7) is 14.3. The average molecular weight is 461 g/mol. The van der Waals surface area contributed by atoms with Crippen molar-refractivity contribution in [1.29, 1.82) is 0 Å². The molecule has 2 radical (unpaired) electrons. The average Bonchev–Trinajstić information content (AvgIpc) is 2.80. The molecular weight excluding hydrogens is 427 g/mol. The van der Waals surface area contributed by atoms with Crippen LogP contribution < -0.4 is 19.6 Å². The van der Waals surface area contributed by atoms with Crippen LogP contribution >= 0.6 is 0 Å². The maximum atomic E-state index is 11.7. The molecule has 2 rings (SSSR count). The molecule has 0 saturated carbocycles. The molecule has 1 N–H and O–H groups in total. The Morgan fingerprint density at radius 3 is 2.36 bits per heavy atom. The quantitative estimate of drug-likeness (QED) is 0.193. The lowest BCUT2D eigenvalue weighted by molar-refractivity contribution is -0.118. The number of nitrogens with zero attached hydrogens (tertiary/aromatic N) is 1. The monoisotopic (exact) mass is 460 g/mol. The van der Waals surface area contributed by atoms with Gasteiger partial charge in [0.2, 0.25) is 6.41 Å². The number of hydrazine groups is 1. The summed E-state index contributed by atoms with van der Waals surface area (Å²) in [4.78, 5) is 22.2. The Hall–Kier alpha value is -3.07. The highest BCUT2D eigenvalue weighted by molar-refractivity contribution is 6.32. The first-order valence-electron chi connectivity index (χ1n) is 10.8. The van der Waals surface area contributed by atoms with Gasteiger partial charge in [0, 0.05) is 11.1 Å². The van der Waals surface area contributed by atoms with Gasteiger partial charge in [0.05, 0.1) is 12.3 Å². The highest BCUT2D eigenvalue weighted by atomic mass is 27.0. The molecule has 0 spiro atoms. The van der Waals surface area contributed by atoms with E-state index < -0.39 is 0 Å².